The number of hydrogen-bond acceptors (Lipinski definition) is 3. The van der Waals surface area contributed by atoms with Crippen molar-refractivity contribution in [3.63, 3.8) is 0 Å². The fourth-order valence-corrected chi connectivity index (χ4v) is 4.15. The monoisotopic (exact) mass is 392 g/mol. The Balaban J connectivity index is 2.25. The second-order valence-electron chi connectivity index (χ2n) is 6.38. The topological polar surface area (TPSA) is 66.5 Å². The largest absolute Gasteiger partial charge is 0.326 e. The number of benzene rings is 2. The van der Waals surface area contributed by atoms with Gasteiger partial charge in [0.05, 0.1) is 4.90 Å². The van der Waals surface area contributed by atoms with E-state index in [0.717, 1.165) is 24.8 Å². The van der Waals surface area contributed by atoms with Crippen molar-refractivity contribution >= 4 is 21.6 Å². The van der Waals surface area contributed by atoms with Crippen LogP contribution in [0.15, 0.2) is 53.4 Å². The molecular formula is C20H25FN2O3S. The molecule has 0 aromatic heterocycles. The molecule has 0 aliphatic rings. The quantitative estimate of drug-likeness (QED) is 0.652. The molecule has 0 heterocycles. The molecule has 0 saturated heterocycles. The van der Waals surface area contributed by atoms with Gasteiger partial charge in [-0.15, -0.1) is 0 Å². The van der Waals surface area contributed by atoms with E-state index in [1.165, 1.54) is 35.5 Å². The highest BCUT2D eigenvalue weighted by Crippen LogP contribution is 2.21. The molecule has 0 bridgehead atoms. The number of rotatable bonds is 9. The zero-order valence-electron chi connectivity index (χ0n) is 15.6. The van der Waals surface area contributed by atoms with E-state index >= 15 is 0 Å². The van der Waals surface area contributed by atoms with Gasteiger partial charge in [0, 0.05) is 25.7 Å². The Bertz CT molecular complexity index is 850. The van der Waals surface area contributed by atoms with Gasteiger partial charge in [0.1, 0.15) is 5.82 Å². The van der Waals surface area contributed by atoms with E-state index in [4.69, 9.17) is 0 Å². The van der Waals surface area contributed by atoms with E-state index in [-0.39, 0.29) is 23.2 Å². The fraction of sp³-hybridized carbons (Fsp3) is 0.350. The highest BCUT2D eigenvalue weighted by atomic mass is 32.2. The molecule has 0 fully saturated rings. The van der Waals surface area contributed by atoms with Crippen LogP contribution in [-0.4, -0.2) is 25.2 Å². The van der Waals surface area contributed by atoms with Crippen molar-refractivity contribution in [3.05, 3.63) is 59.9 Å². The van der Waals surface area contributed by atoms with Crippen LogP contribution >= 0.6 is 0 Å². The SMILES string of the molecule is CCCCCN(Cc1ccc(F)cc1)S(=O)(=O)c1ccc(NC(C)=O)cc1. The van der Waals surface area contributed by atoms with Crippen molar-refractivity contribution in [1.29, 1.82) is 0 Å². The molecule has 0 radical (unpaired) electrons. The number of unbranched alkanes of at least 4 members (excludes halogenated alkanes) is 2. The summed E-state index contributed by atoms with van der Waals surface area (Å²) in [4.78, 5) is 11.3. The molecule has 0 aliphatic carbocycles. The zero-order valence-corrected chi connectivity index (χ0v) is 16.4. The maximum atomic E-state index is 13.1. The van der Waals surface area contributed by atoms with E-state index in [1.807, 2.05) is 0 Å². The lowest BCUT2D eigenvalue weighted by Gasteiger charge is -2.22. The molecule has 0 saturated carbocycles. The minimum atomic E-state index is -3.71. The Morgan fingerprint density at radius 3 is 2.22 bits per heavy atom. The minimum Gasteiger partial charge on any atom is -0.326 e. The Kier molecular flexibility index (Phi) is 7.50. The van der Waals surface area contributed by atoms with Crippen LogP contribution in [-0.2, 0) is 21.4 Å². The molecule has 0 aliphatic heterocycles. The van der Waals surface area contributed by atoms with Crippen molar-refractivity contribution in [2.24, 2.45) is 0 Å². The highest BCUT2D eigenvalue weighted by Gasteiger charge is 2.24. The fourth-order valence-electron chi connectivity index (χ4n) is 2.68. The molecule has 0 atom stereocenters. The van der Waals surface area contributed by atoms with Crippen LogP contribution in [0.2, 0.25) is 0 Å². The van der Waals surface area contributed by atoms with Crippen LogP contribution in [0.3, 0.4) is 0 Å². The number of hydrogen-bond donors (Lipinski definition) is 1. The Labute approximate surface area is 160 Å². The van der Waals surface area contributed by atoms with Gasteiger partial charge < -0.3 is 5.32 Å². The normalized spacial score (nSPS) is 11.6. The second kappa shape index (κ2) is 9.62. The Morgan fingerprint density at radius 2 is 1.67 bits per heavy atom. The lowest BCUT2D eigenvalue weighted by Crippen LogP contribution is -2.31. The summed E-state index contributed by atoms with van der Waals surface area (Å²) in [5.74, 6) is -0.573. The van der Waals surface area contributed by atoms with E-state index in [1.54, 1.807) is 24.3 Å². The predicted octanol–water partition coefficient (Wildman–Crippen LogP) is 4.17. The first-order valence-corrected chi connectivity index (χ1v) is 10.4. The second-order valence-corrected chi connectivity index (χ2v) is 8.32. The summed E-state index contributed by atoms with van der Waals surface area (Å²) in [7, 11) is -3.71. The molecule has 5 nitrogen and oxygen atoms in total. The van der Waals surface area contributed by atoms with Gasteiger partial charge in [-0.2, -0.15) is 4.31 Å². The van der Waals surface area contributed by atoms with E-state index in [0.29, 0.717) is 12.2 Å². The van der Waals surface area contributed by atoms with Gasteiger partial charge in [-0.25, -0.2) is 12.8 Å². The molecule has 1 N–H and O–H groups in total. The standard InChI is InChI=1S/C20H25FN2O3S/c1-3-4-5-14-23(15-17-6-8-18(21)9-7-17)27(25,26)20-12-10-19(11-13-20)22-16(2)24/h6-13H,3-5,14-15H2,1-2H3,(H,22,24). The number of halogens is 1. The lowest BCUT2D eigenvalue weighted by molar-refractivity contribution is -0.114. The third-order valence-corrected chi connectivity index (χ3v) is 5.96. The van der Waals surface area contributed by atoms with E-state index in [2.05, 4.69) is 12.2 Å². The van der Waals surface area contributed by atoms with Gasteiger partial charge in [0.2, 0.25) is 15.9 Å². The van der Waals surface area contributed by atoms with Crippen LogP contribution in [0.5, 0.6) is 0 Å². The van der Waals surface area contributed by atoms with Crippen LogP contribution in [0.1, 0.15) is 38.7 Å². The summed E-state index contributed by atoms with van der Waals surface area (Å²) in [6.07, 6.45) is 2.66. The smallest absolute Gasteiger partial charge is 0.243 e. The van der Waals surface area contributed by atoms with Crippen molar-refractivity contribution < 1.29 is 17.6 Å². The van der Waals surface area contributed by atoms with Gasteiger partial charge in [-0.05, 0) is 48.4 Å². The van der Waals surface area contributed by atoms with Crippen LogP contribution < -0.4 is 5.32 Å². The first kappa shape index (κ1) is 21.1. The third kappa shape index (κ3) is 6.15. The summed E-state index contributed by atoms with van der Waals surface area (Å²) < 4.78 is 40.7. The first-order chi connectivity index (χ1) is 12.8. The van der Waals surface area contributed by atoms with Crippen molar-refractivity contribution in [1.82, 2.24) is 4.31 Å². The molecule has 0 unspecified atom stereocenters. The number of sulfonamides is 1. The summed E-state index contributed by atoms with van der Waals surface area (Å²) in [5.41, 5.74) is 1.27. The van der Waals surface area contributed by atoms with E-state index in [9.17, 15) is 17.6 Å². The number of anilines is 1. The zero-order chi connectivity index (χ0) is 19.9. The summed E-state index contributed by atoms with van der Waals surface area (Å²) >= 11 is 0. The molecule has 0 spiro atoms. The number of nitrogens with zero attached hydrogens (tertiary/aromatic N) is 1. The van der Waals surface area contributed by atoms with Crippen LogP contribution in [0, 0.1) is 5.82 Å². The number of carbonyl (C=O) groups excluding carboxylic acids is 1. The average molecular weight is 392 g/mol. The predicted molar refractivity (Wildman–Crippen MR) is 104 cm³/mol. The Morgan fingerprint density at radius 1 is 1.04 bits per heavy atom. The number of carbonyl (C=O) groups is 1. The molecule has 7 heteroatoms. The van der Waals surface area contributed by atoms with Crippen molar-refractivity contribution in [3.8, 4) is 0 Å². The molecule has 27 heavy (non-hydrogen) atoms. The Hall–Kier alpha value is -2.25. The van der Waals surface area contributed by atoms with Crippen LogP contribution in [0.25, 0.3) is 0 Å². The summed E-state index contributed by atoms with van der Waals surface area (Å²) in [6.45, 7) is 4.02. The van der Waals surface area contributed by atoms with E-state index < -0.39 is 10.0 Å². The summed E-state index contributed by atoms with van der Waals surface area (Å²) in [6, 6.07) is 11.9. The molecule has 2 aromatic rings. The van der Waals surface area contributed by atoms with Crippen LogP contribution in [0.4, 0.5) is 10.1 Å². The first-order valence-electron chi connectivity index (χ1n) is 8.95. The van der Waals surface area contributed by atoms with Gasteiger partial charge in [0.25, 0.3) is 0 Å². The van der Waals surface area contributed by atoms with Gasteiger partial charge in [-0.1, -0.05) is 31.9 Å². The minimum absolute atomic E-state index is 0.162. The molecule has 1 amide bonds. The molecule has 146 valence electrons. The maximum absolute atomic E-state index is 13.1. The van der Waals surface area contributed by atoms with Crippen molar-refractivity contribution in [2.45, 2.75) is 44.6 Å². The number of nitrogens with one attached hydrogen (secondary N) is 1. The third-order valence-electron chi connectivity index (χ3n) is 4.10. The van der Waals surface area contributed by atoms with Gasteiger partial charge >= 0.3 is 0 Å². The average Bonchev–Trinajstić information content (AvgIpc) is 2.62. The summed E-state index contributed by atoms with van der Waals surface area (Å²) in [5, 5.41) is 2.62. The molecule has 2 rings (SSSR count). The molecular weight excluding hydrogens is 367 g/mol. The van der Waals surface area contributed by atoms with Gasteiger partial charge in [-0.3, -0.25) is 4.79 Å². The van der Waals surface area contributed by atoms with Crippen molar-refractivity contribution in [2.75, 3.05) is 11.9 Å². The highest BCUT2D eigenvalue weighted by molar-refractivity contribution is 7.89. The molecule has 2 aromatic carbocycles. The lowest BCUT2D eigenvalue weighted by atomic mass is 10.2. The van der Waals surface area contributed by atoms with Gasteiger partial charge in [0.15, 0.2) is 0 Å². The maximum Gasteiger partial charge on any atom is 0.243 e. The number of amides is 1.